The molecule has 0 saturated carbocycles. The summed E-state index contributed by atoms with van der Waals surface area (Å²) in [6, 6.07) is 0. The summed E-state index contributed by atoms with van der Waals surface area (Å²) in [5.41, 5.74) is 6.15. The van der Waals surface area contributed by atoms with Crippen molar-refractivity contribution in [3.8, 4) is 0 Å². The van der Waals surface area contributed by atoms with E-state index in [0.717, 1.165) is 19.6 Å². The van der Waals surface area contributed by atoms with Crippen LogP contribution in [-0.2, 0) is 6.54 Å². The average Bonchev–Trinajstić information content (AvgIpc) is 2.90. The third-order valence-electron chi connectivity index (χ3n) is 3.58. The molecule has 1 atom stereocenters. The fourth-order valence-corrected chi connectivity index (χ4v) is 2.38. The molecule has 16 heavy (non-hydrogen) atoms. The minimum atomic E-state index is 0.356. The van der Waals surface area contributed by atoms with Crippen LogP contribution in [0.4, 0.5) is 0 Å². The van der Waals surface area contributed by atoms with Crippen LogP contribution in [0.2, 0.25) is 0 Å². The zero-order chi connectivity index (χ0) is 11.4. The lowest BCUT2D eigenvalue weighted by atomic mass is 9.90. The smallest absolute Gasteiger partial charge is 0.0945 e. The van der Waals surface area contributed by atoms with Gasteiger partial charge in [-0.05, 0) is 37.9 Å². The number of nitrogens with zero attached hydrogens (tertiary/aromatic N) is 3. The lowest BCUT2D eigenvalue weighted by molar-refractivity contribution is 0.274. The lowest BCUT2D eigenvalue weighted by Gasteiger charge is -2.22. The van der Waals surface area contributed by atoms with Crippen LogP contribution in [-0.4, -0.2) is 40.6 Å². The van der Waals surface area contributed by atoms with Gasteiger partial charge >= 0.3 is 0 Å². The Morgan fingerprint density at radius 3 is 2.94 bits per heavy atom. The molecule has 1 aliphatic heterocycles. The summed E-state index contributed by atoms with van der Waals surface area (Å²) in [6.45, 7) is 7.71. The van der Waals surface area contributed by atoms with Gasteiger partial charge in [-0.1, -0.05) is 6.92 Å². The number of hydrogen-bond acceptors (Lipinski definition) is 3. The average molecular weight is 222 g/mol. The van der Waals surface area contributed by atoms with Crippen LogP contribution in [0.25, 0.3) is 0 Å². The van der Waals surface area contributed by atoms with E-state index in [4.69, 9.17) is 5.73 Å². The highest BCUT2D eigenvalue weighted by atomic mass is 15.2. The number of rotatable bonds is 5. The van der Waals surface area contributed by atoms with Gasteiger partial charge in [0.25, 0.3) is 0 Å². The van der Waals surface area contributed by atoms with Crippen LogP contribution in [0.3, 0.4) is 0 Å². The fraction of sp³-hybridized carbons (Fsp3) is 0.750. The van der Waals surface area contributed by atoms with Crippen molar-refractivity contribution < 1.29 is 0 Å². The first kappa shape index (κ1) is 11.6. The molecule has 0 amide bonds. The van der Waals surface area contributed by atoms with E-state index < -0.39 is 0 Å². The van der Waals surface area contributed by atoms with Gasteiger partial charge in [0.05, 0.1) is 6.33 Å². The first-order chi connectivity index (χ1) is 7.72. The summed E-state index contributed by atoms with van der Waals surface area (Å²) in [5, 5.41) is 0. The van der Waals surface area contributed by atoms with Crippen LogP contribution >= 0.6 is 0 Å². The molecule has 1 aromatic heterocycles. The van der Waals surface area contributed by atoms with Gasteiger partial charge in [-0.3, -0.25) is 0 Å². The predicted molar refractivity (Wildman–Crippen MR) is 65.1 cm³/mol. The largest absolute Gasteiger partial charge is 0.337 e. The molecule has 4 heteroatoms. The van der Waals surface area contributed by atoms with E-state index in [1.807, 2.05) is 18.7 Å². The molecule has 1 fully saturated rings. The van der Waals surface area contributed by atoms with E-state index >= 15 is 0 Å². The van der Waals surface area contributed by atoms with Crippen molar-refractivity contribution in [2.75, 3.05) is 26.2 Å². The van der Waals surface area contributed by atoms with Crippen molar-refractivity contribution in [1.82, 2.24) is 14.5 Å². The van der Waals surface area contributed by atoms with Crippen LogP contribution in [0.5, 0.6) is 0 Å². The van der Waals surface area contributed by atoms with Crippen molar-refractivity contribution in [2.45, 2.75) is 26.3 Å². The van der Waals surface area contributed by atoms with Gasteiger partial charge in [0.15, 0.2) is 0 Å². The molecule has 4 nitrogen and oxygen atoms in total. The quantitative estimate of drug-likeness (QED) is 0.806. The topological polar surface area (TPSA) is 47.1 Å². The van der Waals surface area contributed by atoms with E-state index in [1.54, 1.807) is 0 Å². The Morgan fingerprint density at radius 2 is 2.31 bits per heavy atom. The third kappa shape index (κ3) is 2.83. The number of imidazole rings is 1. The third-order valence-corrected chi connectivity index (χ3v) is 3.58. The minimum Gasteiger partial charge on any atom is -0.337 e. The van der Waals surface area contributed by atoms with Gasteiger partial charge in [0, 0.05) is 25.5 Å². The number of hydrogen-bond donors (Lipinski definition) is 1. The first-order valence-corrected chi connectivity index (χ1v) is 6.10. The van der Waals surface area contributed by atoms with Crippen molar-refractivity contribution in [3.05, 3.63) is 18.7 Å². The highest BCUT2D eigenvalue weighted by Gasteiger charge is 2.31. The van der Waals surface area contributed by atoms with E-state index in [1.165, 1.54) is 25.9 Å². The monoisotopic (exact) mass is 222 g/mol. The standard InChI is InChI=1S/C12H22N4/c1-12(9-13)3-7-15(10-12)5-2-6-16-8-4-14-11-16/h4,8,11H,2-3,5-7,9-10,13H2,1H3. The van der Waals surface area contributed by atoms with E-state index in [2.05, 4.69) is 21.4 Å². The normalized spacial score (nSPS) is 26.4. The zero-order valence-electron chi connectivity index (χ0n) is 10.1. The summed E-state index contributed by atoms with van der Waals surface area (Å²) in [5.74, 6) is 0. The summed E-state index contributed by atoms with van der Waals surface area (Å²) < 4.78 is 2.14. The Hall–Kier alpha value is -0.870. The van der Waals surface area contributed by atoms with Crippen molar-refractivity contribution in [3.63, 3.8) is 0 Å². The summed E-state index contributed by atoms with van der Waals surface area (Å²) in [4.78, 5) is 6.57. The second kappa shape index (κ2) is 4.97. The molecular weight excluding hydrogens is 200 g/mol. The Morgan fingerprint density at radius 1 is 1.44 bits per heavy atom. The molecule has 90 valence electrons. The molecule has 2 N–H and O–H groups in total. The number of nitrogens with two attached hydrogens (primary N) is 1. The van der Waals surface area contributed by atoms with E-state index in [0.29, 0.717) is 5.41 Å². The van der Waals surface area contributed by atoms with Gasteiger partial charge in [-0.2, -0.15) is 0 Å². The van der Waals surface area contributed by atoms with Gasteiger partial charge < -0.3 is 15.2 Å². The summed E-state index contributed by atoms with van der Waals surface area (Å²) in [6.07, 6.45) is 8.18. The van der Waals surface area contributed by atoms with Crippen LogP contribution in [0.1, 0.15) is 19.8 Å². The predicted octanol–water partition coefficient (Wildman–Crippen LogP) is 0.944. The molecule has 0 spiro atoms. The van der Waals surface area contributed by atoms with Crippen LogP contribution in [0, 0.1) is 5.41 Å². The van der Waals surface area contributed by atoms with Gasteiger partial charge in [-0.15, -0.1) is 0 Å². The molecule has 0 aromatic carbocycles. The molecule has 0 aliphatic carbocycles. The maximum Gasteiger partial charge on any atom is 0.0945 e. The zero-order valence-corrected chi connectivity index (χ0v) is 10.1. The molecule has 2 rings (SSSR count). The molecule has 1 aromatic rings. The van der Waals surface area contributed by atoms with E-state index in [-0.39, 0.29) is 0 Å². The van der Waals surface area contributed by atoms with Gasteiger partial charge in [0.2, 0.25) is 0 Å². The second-order valence-electron chi connectivity index (χ2n) is 5.19. The van der Waals surface area contributed by atoms with Crippen LogP contribution < -0.4 is 5.73 Å². The van der Waals surface area contributed by atoms with Gasteiger partial charge in [-0.25, -0.2) is 4.98 Å². The highest BCUT2D eigenvalue weighted by molar-refractivity contribution is 4.86. The van der Waals surface area contributed by atoms with Crippen molar-refractivity contribution in [2.24, 2.45) is 11.1 Å². The SMILES string of the molecule is CC1(CN)CCN(CCCn2ccnc2)C1. The van der Waals surface area contributed by atoms with Crippen LogP contribution in [0.15, 0.2) is 18.7 Å². The Kier molecular flexibility index (Phi) is 3.61. The molecule has 2 heterocycles. The Bertz CT molecular complexity index is 309. The van der Waals surface area contributed by atoms with Crippen molar-refractivity contribution in [1.29, 1.82) is 0 Å². The summed E-state index contributed by atoms with van der Waals surface area (Å²) in [7, 11) is 0. The molecule has 1 aliphatic rings. The number of likely N-dealkylation sites (tertiary alicyclic amines) is 1. The highest BCUT2D eigenvalue weighted by Crippen LogP contribution is 2.28. The Labute approximate surface area is 97.4 Å². The lowest BCUT2D eigenvalue weighted by Crippen LogP contribution is -2.31. The van der Waals surface area contributed by atoms with Crippen molar-refractivity contribution >= 4 is 0 Å². The molecule has 1 unspecified atom stereocenters. The first-order valence-electron chi connectivity index (χ1n) is 6.10. The molecule has 0 bridgehead atoms. The summed E-state index contributed by atoms with van der Waals surface area (Å²) >= 11 is 0. The van der Waals surface area contributed by atoms with E-state index in [9.17, 15) is 0 Å². The van der Waals surface area contributed by atoms with Gasteiger partial charge in [0.1, 0.15) is 0 Å². The maximum atomic E-state index is 5.80. The minimum absolute atomic E-state index is 0.356. The maximum absolute atomic E-state index is 5.80. The Balaban J connectivity index is 1.68. The molecule has 0 radical (unpaired) electrons. The second-order valence-corrected chi connectivity index (χ2v) is 5.19. The fourth-order valence-electron chi connectivity index (χ4n) is 2.38. The molecule has 1 saturated heterocycles. The molecular formula is C12H22N4. The number of aryl methyl sites for hydroxylation is 1. The number of aromatic nitrogens is 2.